The Bertz CT molecular complexity index is 780. The van der Waals surface area contributed by atoms with Crippen LogP contribution < -0.4 is 10.5 Å². The summed E-state index contributed by atoms with van der Waals surface area (Å²) >= 11 is 0. The van der Waals surface area contributed by atoms with Crippen LogP contribution in [-0.4, -0.2) is 52.7 Å². The third kappa shape index (κ3) is 4.76. The number of carbonyl (C=O) groups excluding carboxylic acids is 1. The molecule has 2 heterocycles. The molecule has 0 saturated carbocycles. The van der Waals surface area contributed by atoms with E-state index in [4.69, 9.17) is 10.5 Å². The van der Waals surface area contributed by atoms with Crippen LogP contribution in [0, 0.1) is 5.92 Å². The summed E-state index contributed by atoms with van der Waals surface area (Å²) in [6, 6.07) is 11.9. The van der Waals surface area contributed by atoms with Crippen molar-refractivity contribution in [2.24, 2.45) is 11.7 Å². The molecule has 1 aliphatic heterocycles. The van der Waals surface area contributed by atoms with Gasteiger partial charge in [0.05, 0.1) is 5.52 Å². The molecular weight excluding hydrogens is 340 g/mol. The lowest BCUT2D eigenvalue weighted by Crippen LogP contribution is -2.49. The smallest absolute Gasteiger partial charge is 0.224 e. The van der Waals surface area contributed by atoms with E-state index in [9.17, 15) is 4.79 Å². The van der Waals surface area contributed by atoms with E-state index >= 15 is 0 Å². The fourth-order valence-electron chi connectivity index (χ4n) is 3.90. The maximum atomic E-state index is 11.7. The minimum absolute atomic E-state index is 0.0227. The van der Waals surface area contributed by atoms with Crippen LogP contribution in [0.25, 0.3) is 10.9 Å². The Balaban J connectivity index is 1.65. The number of nitrogens with zero attached hydrogens (tertiary/aromatic N) is 3. The minimum atomic E-state index is -0.455. The lowest BCUT2D eigenvalue weighted by atomic mass is 9.99. The fraction of sp³-hybridized carbons (Fsp3) is 0.524. The zero-order valence-electron chi connectivity index (χ0n) is 16.5. The number of hydrazine groups is 1. The maximum Gasteiger partial charge on any atom is 0.224 e. The van der Waals surface area contributed by atoms with Crippen LogP contribution in [0.1, 0.15) is 33.6 Å². The second kappa shape index (κ2) is 8.23. The van der Waals surface area contributed by atoms with Gasteiger partial charge in [-0.25, -0.2) is 9.99 Å². The summed E-state index contributed by atoms with van der Waals surface area (Å²) in [5.41, 5.74) is 6.24. The number of pyridine rings is 1. The Morgan fingerprint density at radius 2 is 2.15 bits per heavy atom. The SMILES string of the molecule is C[C@H](CC(C)(C)Oc1ccc2ccccc2n1)N(C=O)N1CC[C@H](CN)C1. The van der Waals surface area contributed by atoms with E-state index in [0.29, 0.717) is 24.8 Å². The molecule has 1 saturated heterocycles. The first kappa shape index (κ1) is 19.6. The van der Waals surface area contributed by atoms with Crippen LogP contribution in [-0.2, 0) is 4.79 Å². The quantitative estimate of drug-likeness (QED) is 0.724. The molecule has 27 heavy (non-hydrogen) atoms. The Morgan fingerprint density at radius 1 is 1.37 bits per heavy atom. The highest BCUT2D eigenvalue weighted by Crippen LogP contribution is 2.26. The lowest BCUT2D eigenvalue weighted by molar-refractivity contribution is -0.140. The largest absolute Gasteiger partial charge is 0.472 e. The molecule has 0 aliphatic carbocycles. The summed E-state index contributed by atoms with van der Waals surface area (Å²) < 4.78 is 6.19. The van der Waals surface area contributed by atoms with Crippen molar-refractivity contribution in [3.8, 4) is 5.88 Å². The van der Waals surface area contributed by atoms with Crippen molar-refractivity contribution in [1.29, 1.82) is 0 Å². The van der Waals surface area contributed by atoms with Gasteiger partial charge in [-0.1, -0.05) is 18.2 Å². The van der Waals surface area contributed by atoms with Crippen molar-refractivity contribution >= 4 is 17.3 Å². The summed E-state index contributed by atoms with van der Waals surface area (Å²) in [5, 5.41) is 5.00. The molecule has 3 rings (SSSR count). The second-order valence-corrected chi connectivity index (χ2v) is 8.05. The van der Waals surface area contributed by atoms with E-state index in [2.05, 4.69) is 16.9 Å². The van der Waals surface area contributed by atoms with Crippen molar-refractivity contribution in [2.75, 3.05) is 19.6 Å². The number of aromatic nitrogens is 1. The van der Waals surface area contributed by atoms with Gasteiger partial charge in [0.15, 0.2) is 0 Å². The lowest BCUT2D eigenvalue weighted by Gasteiger charge is -2.37. The van der Waals surface area contributed by atoms with Crippen LogP contribution in [0.4, 0.5) is 0 Å². The molecule has 146 valence electrons. The Morgan fingerprint density at radius 3 is 2.85 bits per heavy atom. The summed E-state index contributed by atoms with van der Waals surface area (Å²) in [6.45, 7) is 8.51. The molecule has 0 bridgehead atoms. The van der Waals surface area contributed by atoms with Crippen molar-refractivity contribution in [1.82, 2.24) is 15.0 Å². The van der Waals surface area contributed by atoms with Gasteiger partial charge < -0.3 is 10.5 Å². The Labute approximate surface area is 161 Å². The number of nitrogens with two attached hydrogens (primary N) is 1. The third-order valence-corrected chi connectivity index (χ3v) is 5.22. The topological polar surface area (TPSA) is 71.7 Å². The van der Waals surface area contributed by atoms with Gasteiger partial charge in [0.25, 0.3) is 0 Å². The van der Waals surface area contributed by atoms with Crippen LogP contribution in [0.5, 0.6) is 5.88 Å². The second-order valence-electron chi connectivity index (χ2n) is 8.05. The molecule has 6 nitrogen and oxygen atoms in total. The molecule has 6 heteroatoms. The number of hydrogen-bond acceptors (Lipinski definition) is 5. The number of fused-ring (bicyclic) bond motifs is 1. The molecule has 0 unspecified atom stereocenters. The van der Waals surface area contributed by atoms with Crippen molar-refractivity contribution < 1.29 is 9.53 Å². The van der Waals surface area contributed by atoms with Crippen LogP contribution in [0.15, 0.2) is 36.4 Å². The van der Waals surface area contributed by atoms with E-state index < -0.39 is 5.60 Å². The fourth-order valence-corrected chi connectivity index (χ4v) is 3.90. The third-order valence-electron chi connectivity index (χ3n) is 5.22. The predicted molar refractivity (Wildman–Crippen MR) is 107 cm³/mol. The highest BCUT2D eigenvalue weighted by molar-refractivity contribution is 5.78. The maximum absolute atomic E-state index is 11.7. The highest BCUT2D eigenvalue weighted by atomic mass is 16.5. The molecule has 1 fully saturated rings. The molecule has 1 aliphatic rings. The molecule has 0 spiro atoms. The molecule has 2 N–H and O–H groups in total. The molecule has 2 atom stereocenters. The average Bonchev–Trinajstić information content (AvgIpc) is 3.10. The molecule has 1 amide bonds. The van der Waals surface area contributed by atoms with Gasteiger partial charge in [-0.15, -0.1) is 0 Å². The van der Waals surface area contributed by atoms with Crippen molar-refractivity contribution in [3.63, 3.8) is 0 Å². The van der Waals surface area contributed by atoms with E-state index in [1.165, 1.54) is 0 Å². The number of hydrogen-bond donors (Lipinski definition) is 1. The number of amides is 1. The summed E-state index contributed by atoms with van der Waals surface area (Å²) in [4.78, 5) is 16.3. The zero-order chi connectivity index (χ0) is 19.4. The van der Waals surface area contributed by atoms with Gasteiger partial charge >= 0.3 is 0 Å². The van der Waals surface area contributed by atoms with Crippen LogP contribution in [0.2, 0.25) is 0 Å². The van der Waals surface area contributed by atoms with Crippen LogP contribution in [0.3, 0.4) is 0 Å². The molecule has 2 aromatic rings. The number of benzene rings is 1. The van der Waals surface area contributed by atoms with Gasteiger partial charge in [0, 0.05) is 37.0 Å². The molecular formula is C21H30N4O2. The van der Waals surface area contributed by atoms with Gasteiger partial charge in [0.1, 0.15) is 5.60 Å². The number of carbonyl (C=O) groups is 1. The van der Waals surface area contributed by atoms with Crippen molar-refractivity contribution in [2.45, 2.75) is 45.3 Å². The number of para-hydroxylation sites is 1. The first-order chi connectivity index (χ1) is 12.9. The molecule has 0 radical (unpaired) electrons. The van der Waals surface area contributed by atoms with Gasteiger partial charge in [0.2, 0.25) is 12.3 Å². The first-order valence-corrected chi connectivity index (χ1v) is 9.65. The summed E-state index contributed by atoms with van der Waals surface area (Å²) in [7, 11) is 0. The van der Waals surface area contributed by atoms with E-state index in [1.807, 2.05) is 50.2 Å². The minimum Gasteiger partial charge on any atom is -0.472 e. The van der Waals surface area contributed by atoms with E-state index in [1.54, 1.807) is 5.01 Å². The average molecular weight is 370 g/mol. The van der Waals surface area contributed by atoms with Gasteiger partial charge in [-0.2, -0.15) is 0 Å². The van der Waals surface area contributed by atoms with E-state index in [0.717, 1.165) is 36.8 Å². The monoisotopic (exact) mass is 370 g/mol. The molecule has 1 aromatic carbocycles. The molecule has 1 aromatic heterocycles. The predicted octanol–water partition coefficient (Wildman–Crippen LogP) is 2.82. The summed E-state index contributed by atoms with van der Waals surface area (Å²) in [6.07, 6.45) is 2.66. The summed E-state index contributed by atoms with van der Waals surface area (Å²) in [5.74, 6) is 1.07. The van der Waals surface area contributed by atoms with Crippen LogP contribution >= 0.6 is 0 Å². The Kier molecular flexibility index (Phi) is 5.97. The standard InChI is InChI=1S/C21H30N4O2/c1-16(25(15-26)24-11-10-17(13-22)14-24)12-21(2,3)27-20-9-8-18-6-4-5-7-19(18)23-20/h4-9,15-17H,10-14,22H2,1-3H3/t16-,17-/m1/s1. The number of rotatable bonds is 8. The highest BCUT2D eigenvalue weighted by Gasteiger charge is 2.32. The number of ether oxygens (including phenoxy) is 1. The Hall–Kier alpha value is -2.18. The first-order valence-electron chi connectivity index (χ1n) is 9.65. The van der Waals surface area contributed by atoms with E-state index in [-0.39, 0.29) is 6.04 Å². The normalized spacial score (nSPS) is 19.2. The zero-order valence-corrected chi connectivity index (χ0v) is 16.5. The van der Waals surface area contributed by atoms with Gasteiger partial charge in [-0.3, -0.25) is 9.80 Å². The van der Waals surface area contributed by atoms with Gasteiger partial charge in [-0.05, 0) is 51.8 Å². The van der Waals surface area contributed by atoms with Crippen molar-refractivity contribution in [3.05, 3.63) is 36.4 Å².